The molecule has 2 aromatic carbocycles. The highest BCUT2D eigenvalue weighted by Crippen LogP contribution is 2.23. The Morgan fingerprint density at radius 1 is 1.12 bits per heavy atom. The number of carbonyl (C=O) groups is 1. The molecule has 0 atom stereocenters. The van der Waals surface area contributed by atoms with E-state index in [2.05, 4.69) is 10.3 Å². The van der Waals surface area contributed by atoms with E-state index in [0.29, 0.717) is 41.1 Å². The Bertz CT molecular complexity index is 935. The summed E-state index contributed by atoms with van der Waals surface area (Å²) in [5.74, 6) is 0.714. The number of fused-ring (bicyclic) bond motifs is 1. The van der Waals surface area contributed by atoms with Gasteiger partial charge >= 0.3 is 5.76 Å². The van der Waals surface area contributed by atoms with Crippen molar-refractivity contribution in [1.82, 2.24) is 4.98 Å². The van der Waals surface area contributed by atoms with Crippen molar-refractivity contribution in [3.63, 3.8) is 0 Å². The lowest BCUT2D eigenvalue weighted by Crippen LogP contribution is -2.12. The summed E-state index contributed by atoms with van der Waals surface area (Å²) in [5.41, 5.74) is 2.53. The lowest BCUT2D eigenvalue weighted by molar-refractivity contribution is -0.116. The van der Waals surface area contributed by atoms with Gasteiger partial charge in [0.05, 0.1) is 19.7 Å². The van der Waals surface area contributed by atoms with E-state index in [4.69, 9.17) is 13.9 Å². The Labute approximate surface area is 143 Å². The molecule has 1 amide bonds. The Kier molecular flexibility index (Phi) is 4.74. The van der Waals surface area contributed by atoms with Gasteiger partial charge in [0.15, 0.2) is 5.58 Å². The number of ether oxygens (including phenoxy) is 2. The van der Waals surface area contributed by atoms with Gasteiger partial charge in [-0.3, -0.25) is 9.78 Å². The minimum absolute atomic E-state index is 0.132. The quantitative estimate of drug-likeness (QED) is 0.718. The van der Waals surface area contributed by atoms with Gasteiger partial charge in [0.1, 0.15) is 11.5 Å². The first-order valence-electron chi connectivity index (χ1n) is 7.72. The molecular weight excluding hydrogens is 324 g/mol. The third-order valence-corrected chi connectivity index (χ3v) is 3.75. The van der Waals surface area contributed by atoms with Crippen molar-refractivity contribution in [2.24, 2.45) is 0 Å². The van der Waals surface area contributed by atoms with Crippen molar-refractivity contribution >= 4 is 22.7 Å². The maximum absolute atomic E-state index is 12.2. The zero-order valence-corrected chi connectivity index (χ0v) is 13.9. The van der Waals surface area contributed by atoms with Gasteiger partial charge in [-0.25, -0.2) is 4.79 Å². The van der Waals surface area contributed by atoms with E-state index in [1.807, 2.05) is 12.1 Å². The van der Waals surface area contributed by atoms with Crippen LogP contribution in [0, 0.1) is 0 Å². The molecule has 7 heteroatoms. The molecule has 0 fully saturated rings. The van der Waals surface area contributed by atoms with Gasteiger partial charge in [0.2, 0.25) is 5.91 Å². The Hall–Kier alpha value is -3.22. The van der Waals surface area contributed by atoms with Crippen LogP contribution in [-0.4, -0.2) is 25.1 Å². The van der Waals surface area contributed by atoms with Gasteiger partial charge < -0.3 is 19.2 Å². The molecule has 1 heterocycles. The zero-order chi connectivity index (χ0) is 17.8. The maximum Gasteiger partial charge on any atom is 0.417 e. The number of carbonyl (C=O) groups excluding carboxylic acids is 1. The number of hydrogen-bond acceptors (Lipinski definition) is 5. The van der Waals surface area contributed by atoms with Crippen LogP contribution in [0.3, 0.4) is 0 Å². The van der Waals surface area contributed by atoms with E-state index in [1.54, 1.807) is 38.5 Å². The summed E-state index contributed by atoms with van der Waals surface area (Å²) in [6.07, 6.45) is 0.848. The molecule has 0 spiro atoms. The molecule has 1 aromatic heterocycles. The predicted molar refractivity (Wildman–Crippen MR) is 93.3 cm³/mol. The number of hydrogen-bond donors (Lipinski definition) is 2. The zero-order valence-electron chi connectivity index (χ0n) is 13.9. The van der Waals surface area contributed by atoms with Crippen LogP contribution in [0.4, 0.5) is 5.69 Å². The highest BCUT2D eigenvalue weighted by atomic mass is 16.5. The summed E-state index contributed by atoms with van der Waals surface area (Å²) in [4.78, 5) is 25.9. The normalized spacial score (nSPS) is 10.6. The fourth-order valence-corrected chi connectivity index (χ4v) is 2.52. The minimum atomic E-state index is -0.523. The molecule has 0 unspecified atom stereocenters. The first kappa shape index (κ1) is 16.6. The number of anilines is 1. The minimum Gasteiger partial charge on any atom is -0.497 e. The van der Waals surface area contributed by atoms with Crippen molar-refractivity contribution in [1.29, 1.82) is 0 Å². The summed E-state index contributed by atoms with van der Waals surface area (Å²) in [6, 6.07) is 10.5. The molecule has 130 valence electrons. The van der Waals surface area contributed by atoms with Gasteiger partial charge in [-0.05, 0) is 42.3 Å². The third kappa shape index (κ3) is 4.00. The Balaban J connectivity index is 1.64. The number of rotatable bonds is 6. The van der Waals surface area contributed by atoms with E-state index in [1.165, 1.54) is 0 Å². The summed E-state index contributed by atoms with van der Waals surface area (Å²) in [6.45, 7) is 0. The number of aromatic amines is 1. The molecular formula is C18H18N2O5. The van der Waals surface area contributed by atoms with Crippen LogP contribution in [0.2, 0.25) is 0 Å². The first-order chi connectivity index (χ1) is 12.1. The highest BCUT2D eigenvalue weighted by Gasteiger charge is 2.08. The smallest absolute Gasteiger partial charge is 0.417 e. The molecule has 0 saturated carbocycles. The third-order valence-electron chi connectivity index (χ3n) is 3.75. The molecule has 0 aliphatic rings. The second-order valence-electron chi connectivity index (χ2n) is 5.49. The monoisotopic (exact) mass is 342 g/mol. The van der Waals surface area contributed by atoms with Crippen LogP contribution in [0.1, 0.15) is 12.0 Å². The molecule has 0 aliphatic carbocycles. The lowest BCUT2D eigenvalue weighted by atomic mass is 10.1. The molecule has 2 N–H and O–H groups in total. The number of aromatic nitrogens is 1. The van der Waals surface area contributed by atoms with Crippen LogP contribution in [0.5, 0.6) is 11.5 Å². The largest absolute Gasteiger partial charge is 0.497 e. The van der Waals surface area contributed by atoms with Gasteiger partial charge in [0, 0.05) is 18.2 Å². The summed E-state index contributed by atoms with van der Waals surface area (Å²) < 4.78 is 15.4. The standard InChI is InChI=1S/C18H18N2O5/c1-23-13-7-11(8-14(10-13)24-2)3-6-17(21)19-12-4-5-16-15(9-12)20-18(22)25-16/h4-5,7-10H,3,6H2,1-2H3,(H,19,21)(H,20,22). The Morgan fingerprint density at radius 2 is 1.84 bits per heavy atom. The predicted octanol–water partition coefficient (Wildman–Crippen LogP) is 2.71. The van der Waals surface area contributed by atoms with Crippen LogP contribution >= 0.6 is 0 Å². The molecule has 25 heavy (non-hydrogen) atoms. The van der Waals surface area contributed by atoms with Crippen LogP contribution in [0.25, 0.3) is 11.1 Å². The SMILES string of the molecule is COc1cc(CCC(=O)Nc2ccc3oc(=O)[nH]c3c2)cc(OC)c1. The van der Waals surface area contributed by atoms with E-state index >= 15 is 0 Å². The van der Waals surface area contributed by atoms with Crippen molar-refractivity contribution in [3.8, 4) is 11.5 Å². The van der Waals surface area contributed by atoms with Crippen LogP contribution in [0.15, 0.2) is 45.6 Å². The number of methoxy groups -OCH3 is 2. The average molecular weight is 342 g/mol. The van der Waals surface area contributed by atoms with Crippen molar-refractivity contribution in [2.75, 3.05) is 19.5 Å². The number of nitrogens with one attached hydrogen (secondary N) is 2. The van der Waals surface area contributed by atoms with E-state index in [-0.39, 0.29) is 5.91 Å². The number of oxazole rings is 1. The molecule has 0 radical (unpaired) electrons. The maximum atomic E-state index is 12.2. The number of H-pyrrole nitrogens is 1. The molecule has 0 bridgehead atoms. The molecule has 3 aromatic rings. The molecule has 3 rings (SSSR count). The van der Waals surface area contributed by atoms with Gasteiger partial charge in [-0.15, -0.1) is 0 Å². The Morgan fingerprint density at radius 3 is 2.52 bits per heavy atom. The van der Waals surface area contributed by atoms with Crippen molar-refractivity contribution in [2.45, 2.75) is 12.8 Å². The van der Waals surface area contributed by atoms with Gasteiger partial charge in [-0.1, -0.05) is 0 Å². The topological polar surface area (TPSA) is 93.6 Å². The van der Waals surface area contributed by atoms with Crippen molar-refractivity contribution < 1.29 is 18.7 Å². The molecule has 0 aliphatic heterocycles. The molecule has 0 saturated heterocycles. The van der Waals surface area contributed by atoms with Crippen molar-refractivity contribution in [3.05, 3.63) is 52.5 Å². The summed E-state index contributed by atoms with van der Waals surface area (Å²) in [5, 5.41) is 2.81. The van der Waals surface area contributed by atoms with Crippen LogP contribution in [-0.2, 0) is 11.2 Å². The first-order valence-corrected chi connectivity index (χ1v) is 7.72. The highest BCUT2D eigenvalue weighted by molar-refractivity contribution is 5.92. The average Bonchev–Trinajstić information content (AvgIpc) is 2.98. The second-order valence-corrected chi connectivity index (χ2v) is 5.49. The van der Waals surface area contributed by atoms with E-state index < -0.39 is 5.76 Å². The van der Waals surface area contributed by atoms with Gasteiger partial charge in [0.25, 0.3) is 0 Å². The molecule has 7 nitrogen and oxygen atoms in total. The fraction of sp³-hybridized carbons (Fsp3) is 0.222. The number of benzene rings is 2. The number of amides is 1. The van der Waals surface area contributed by atoms with Gasteiger partial charge in [-0.2, -0.15) is 0 Å². The summed E-state index contributed by atoms with van der Waals surface area (Å²) >= 11 is 0. The summed E-state index contributed by atoms with van der Waals surface area (Å²) in [7, 11) is 3.17. The van der Waals surface area contributed by atoms with E-state index in [0.717, 1.165) is 5.56 Å². The fourth-order valence-electron chi connectivity index (χ4n) is 2.52. The van der Waals surface area contributed by atoms with Crippen LogP contribution < -0.4 is 20.5 Å². The van der Waals surface area contributed by atoms with E-state index in [9.17, 15) is 9.59 Å². The number of aryl methyl sites for hydroxylation is 1. The second kappa shape index (κ2) is 7.12. The lowest BCUT2D eigenvalue weighted by Gasteiger charge is -2.09.